The number of fused-ring (bicyclic) bond motifs is 3. The number of thioether (sulfide) groups is 1. The van der Waals surface area contributed by atoms with Gasteiger partial charge in [-0.2, -0.15) is 0 Å². The van der Waals surface area contributed by atoms with Crippen LogP contribution >= 0.6 is 23.1 Å². The number of aromatic nitrogens is 2. The lowest BCUT2D eigenvalue weighted by atomic mass is 10.0. The van der Waals surface area contributed by atoms with Crippen LogP contribution in [-0.4, -0.2) is 38.7 Å². The minimum absolute atomic E-state index is 0.0571. The molecule has 0 unspecified atom stereocenters. The second-order valence-corrected chi connectivity index (χ2v) is 11.1. The number of nitrogens with zero attached hydrogens (tertiary/aromatic N) is 3. The van der Waals surface area contributed by atoms with E-state index in [9.17, 15) is 9.59 Å². The largest absolute Gasteiger partial charge is 0.325 e. The molecule has 1 aliphatic rings. The summed E-state index contributed by atoms with van der Waals surface area (Å²) in [6.07, 6.45) is 0.852. The van der Waals surface area contributed by atoms with E-state index in [1.807, 2.05) is 61.5 Å². The fourth-order valence-corrected chi connectivity index (χ4v) is 6.54. The summed E-state index contributed by atoms with van der Waals surface area (Å²) in [7, 11) is 0. The average Bonchev–Trinajstić information content (AvgIpc) is 3.21. The Hall–Kier alpha value is -2.94. The number of hydrogen-bond acceptors (Lipinski definition) is 6. The maximum atomic E-state index is 13.9. The molecule has 2 aromatic carbocycles. The zero-order valence-corrected chi connectivity index (χ0v) is 21.7. The number of para-hydroxylation sites is 1. The first kappa shape index (κ1) is 23.8. The van der Waals surface area contributed by atoms with Crippen molar-refractivity contribution in [2.24, 2.45) is 0 Å². The zero-order valence-electron chi connectivity index (χ0n) is 20.1. The summed E-state index contributed by atoms with van der Waals surface area (Å²) in [4.78, 5) is 35.9. The number of carbonyl (C=O) groups excluding carboxylic acids is 1. The van der Waals surface area contributed by atoms with Crippen LogP contribution in [-0.2, 0) is 17.8 Å². The number of benzene rings is 2. The average molecular weight is 505 g/mol. The fraction of sp³-hybridized carbons (Fsp3) is 0.296. The van der Waals surface area contributed by atoms with Gasteiger partial charge >= 0.3 is 0 Å². The van der Waals surface area contributed by atoms with E-state index < -0.39 is 0 Å². The highest BCUT2D eigenvalue weighted by Gasteiger charge is 2.26. The van der Waals surface area contributed by atoms with Crippen LogP contribution < -0.4 is 10.9 Å². The lowest BCUT2D eigenvalue weighted by molar-refractivity contribution is -0.113. The predicted molar refractivity (Wildman–Crippen MR) is 145 cm³/mol. The standard InChI is InChI=1S/C27H28N4O2S2/c1-17(2)30-13-12-21-22(15-30)35-25-24(21)26(33)31(20-10-5-4-6-11-20)27(29-25)34-16-23(32)28-19-9-7-8-18(3)14-19/h4-11,14,17H,12-13,15-16H2,1-3H3,(H,28,32). The van der Waals surface area contributed by atoms with E-state index in [0.717, 1.165) is 52.2 Å². The molecule has 1 amide bonds. The van der Waals surface area contributed by atoms with Crippen LogP contribution in [0.1, 0.15) is 29.9 Å². The molecule has 35 heavy (non-hydrogen) atoms. The summed E-state index contributed by atoms with van der Waals surface area (Å²) in [5.41, 5.74) is 3.68. The summed E-state index contributed by atoms with van der Waals surface area (Å²) in [6.45, 7) is 8.19. The Kier molecular flexibility index (Phi) is 6.77. The summed E-state index contributed by atoms with van der Waals surface area (Å²) in [6, 6.07) is 17.7. The number of carbonyl (C=O) groups is 1. The van der Waals surface area contributed by atoms with E-state index in [1.165, 1.54) is 16.6 Å². The molecule has 2 aromatic heterocycles. The van der Waals surface area contributed by atoms with E-state index in [4.69, 9.17) is 4.98 Å². The molecule has 5 rings (SSSR count). The predicted octanol–water partition coefficient (Wildman–Crippen LogP) is 5.25. The fourth-order valence-electron chi connectivity index (χ4n) is 4.44. The molecule has 0 saturated carbocycles. The summed E-state index contributed by atoms with van der Waals surface area (Å²) >= 11 is 2.90. The van der Waals surface area contributed by atoms with Crippen molar-refractivity contribution in [2.45, 2.75) is 44.9 Å². The van der Waals surface area contributed by atoms with Crippen molar-refractivity contribution in [2.75, 3.05) is 17.6 Å². The summed E-state index contributed by atoms with van der Waals surface area (Å²) in [5.74, 6) is 0.0258. The highest BCUT2D eigenvalue weighted by Crippen LogP contribution is 2.34. The smallest absolute Gasteiger partial charge is 0.267 e. The number of aryl methyl sites for hydroxylation is 1. The van der Waals surface area contributed by atoms with Crippen LogP contribution in [0.4, 0.5) is 5.69 Å². The number of nitrogens with one attached hydrogen (secondary N) is 1. The Morgan fingerprint density at radius 3 is 2.71 bits per heavy atom. The number of anilines is 1. The first-order valence-corrected chi connectivity index (χ1v) is 13.6. The Labute approximate surface area is 213 Å². The molecular weight excluding hydrogens is 476 g/mol. The molecule has 0 aliphatic carbocycles. The SMILES string of the molecule is Cc1cccc(NC(=O)CSc2nc3sc4c(c3c(=O)n2-c2ccccc2)CCN(C(C)C)C4)c1. The molecule has 1 N–H and O–H groups in total. The molecule has 6 nitrogen and oxygen atoms in total. The monoisotopic (exact) mass is 504 g/mol. The van der Waals surface area contributed by atoms with E-state index >= 15 is 0 Å². The maximum Gasteiger partial charge on any atom is 0.267 e. The number of hydrogen-bond donors (Lipinski definition) is 1. The third-order valence-electron chi connectivity index (χ3n) is 6.25. The van der Waals surface area contributed by atoms with Gasteiger partial charge in [0.1, 0.15) is 4.83 Å². The first-order valence-electron chi connectivity index (χ1n) is 11.8. The molecule has 0 radical (unpaired) electrons. The van der Waals surface area contributed by atoms with Gasteiger partial charge in [-0.05, 0) is 62.6 Å². The van der Waals surface area contributed by atoms with Crippen LogP contribution in [0.3, 0.4) is 0 Å². The van der Waals surface area contributed by atoms with E-state index in [-0.39, 0.29) is 17.2 Å². The minimum atomic E-state index is -0.132. The van der Waals surface area contributed by atoms with Gasteiger partial charge in [0, 0.05) is 29.7 Å². The van der Waals surface area contributed by atoms with Crippen molar-refractivity contribution in [3.63, 3.8) is 0 Å². The molecule has 0 spiro atoms. The van der Waals surface area contributed by atoms with Gasteiger partial charge in [-0.15, -0.1) is 11.3 Å². The van der Waals surface area contributed by atoms with Crippen molar-refractivity contribution in [1.29, 1.82) is 0 Å². The zero-order chi connectivity index (χ0) is 24.5. The van der Waals surface area contributed by atoms with Gasteiger partial charge in [0.15, 0.2) is 5.16 Å². The van der Waals surface area contributed by atoms with Crippen LogP contribution in [0.2, 0.25) is 0 Å². The second-order valence-electron chi connectivity index (χ2n) is 9.07. The molecule has 3 heterocycles. The molecule has 4 aromatic rings. The second kappa shape index (κ2) is 9.97. The highest BCUT2D eigenvalue weighted by molar-refractivity contribution is 7.99. The maximum absolute atomic E-state index is 13.9. The van der Waals surface area contributed by atoms with Gasteiger partial charge in [-0.1, -0.05) is 42.1 Å². The first-order chi connectivity index (χ1) is 16.9. The number of amides is 1. The Morgan fingerprint density at radius 2 is 1.97 bits per heavy atom. The van der Waals surface area contributed by atoms with E-state index in [2.05, 4.69) is 24.1 Å². The lowest BCUT2D eigenvalue weighted by Gasteiger charge is -2.30. The van der Waals surface area contributed by atoms with E-state index in [0.29, 0.717) is 11.2 Å². The van der Waals surface area contributed by atoms with Gasteiger partial charge < -0.3 is 5.32 Å². The van der Waals surface area contributed by atoms with Crippen molar-refractivity contribution >= 4 is 44.9 Å². The third-order valence-corrected chi connectivity index (χ3v) is 8.30. The van der Waals surface area contributed by atoms with E-state index in [1.54, 1.807) is 15.9 Å². The van der Waals surface area contributed by atoms with Crippen molar-refractivity contribution in [3.8, 4) is 5.69 Å². The van der Waals surface area contributed by atoms with Crippen molar-refractivity contribution < 1.29 is 4.79 Å². The highest BCUT2D eigenvalue weighted by atomic mass is 32.2. The molecule has 1 aliphatic heterocycles. The number of rotatable bonds is 6. The molecule has 8 heteroatoms. The van der Waals surface area contributed by atoms with Gasteiger partial charge in [0.25, 0.3) is 5.56 Å². The Balaban J connectivity index is 1.51. The lowest BCUT2D eigenvalue weighted by Crippen LogP contribution is -2.35. The summed E-state index contributed by atoms with van der Waals surface area (Å²) < 4.78 is 1.66. The van der Waals surface area contributed by atoms with Gasteiger partial charge in [0.05, 0.1) is 16.8 Å². The van der Waals surface area contributed by atoms with Crippen molar-refractivity contribution in [1.82, 2.24) is 14.5 Å². The van der Waals surface area contributed by atoms with Gasteiger partial charge in [0.2, 0.25) is 5.91 Å². The van der Waals surface area contributed by atoms with Gasteiger partial charge in [-0.25, -0.2) is 4.98 Å². The molecule has 0 bridgehead atoms. The van der Waals surface area contributed by atoms with Crippen LogP contribution in [0.5, 0.6) is 0 Å². The molecular formula is C27H28N4O2S2. The Bertz CT molecular complexity index is 1440. The summed E-state index contributed by atoms with van der Waals surface area (Å²) in [5, 5.41) is 4.20. The van der Waals surface area contributed by atoms with Crippen LogP contribution in [0.25, 0.3) is 15.9 Å². The van der Waals surface area contributed by atoms with Crippen molar-refractivity contribution in [3.05, 3.63) is 81.0 Å². The Morgan fingerprint density at radius 1 is 1.17 bits per heavy atom. The molecule has 180 valence electrons. The van der Waals surface area contributed by atoms with Crippen LogP contribution in [0.15, 0.2) is 64.5 Å². The number of thiophene rings is 1. The normalized spacial score (nSPS) is 13.8. The molecule has 0 fully saturated rings. The topological polar surface area (TPSA) is 67.2 Å². The van der Waals surface area contributed by atoms with Gasteiger partial charge in [-0.3, -0.25) is 19.1 Å². The molecule has 0 atom stereocenters. The quantitative estimate of drug-likeness (QED) is 0.287. The minimum Gasteiger partial charge on any atom is -0.325 e. The van der Waals surface area contributed by atoms with Crippen LogP contribution in [0, 0.1) is 6.92 Å². The molecule has 0 saturated heterocycles. The third kappa shape index (κ3) is 4.91.